The topological polar surface area (TPSA) is 81.0 Å². The van der Waals surface area contributed by atoms with Crippen molar-refractivity contribution in [2.75, 3.05) is 5.32 Å². The van der Waals surface area contributed by atoms with Crippen LogP contribution in [0.5, 0.6) is 0 Å². The molecular formula is C11H9BrN4O2. The second-order valence-electron chi connectivity index (χ2n) is 3.48. The van der Waals surface area contributed by atoms with Crippen molar-refractivity contribution in [3.05, 3.63) is 57.1 Å². The Morgan fingerprint density at radius 1 is 1.28 bits per heavy atom. The maximum absolute atomic E-state index is 10.9. The van der Waals surface area contributed by atoms with Crippen LogP contribution in [-0.4, -0.2) is 14.9 Å². The number of nitro groups is 1. The van der Waals surface area contributed by atoms with Gasteiger partial charge < -0.3 is 5.32 Å². The Morgan fingerprint density at radius 2 is 2.00 bits per heavy atom. The number of hydrogen-bond acceptors (Lipinski definition) is 5. The Balaban J connectivity index is 2.21. The van der Waals surface area contributed by atoms with Gasteiger partial charge in [0.1, 0.15) is 11.9 Å². The maximum atomic E-state index is 10.9. The molecule has 0 aliphatic rings. The lowest BCUT2D eigenvalue weighted by Crippen LogP contribution is -2.04. The van der Waals surface area contributed by atoms with E-state index >= 15 is 0 Å². The van der Waals surface area contributed by atoms with E-state index in [0.29, 0.717) is 16.7 Å². The Labute approximate surface area is 111 Å². The normalized spacial score (nSPS) is 10.1. The van der Waals surface area contributed by atoms with Crippen molar-refractivity contribution in [1.29, 1.82) is 0 Å². The molecule has 0 aliphatic carbocycles. The zero-order valence-electron chi connectivity index (χ0n) is 9.21. The first-order valence-corrected chi connectivity index (χ1v) is 5.88. The lowest BCUT2D eigenvalue weighted by molar-refractivity contribution is -0.384. The highest BCUT2D eigenvalue weighted by atomic mass is 79.9. The second kappa shape index (κ2) is 5.54. The van der Waals surface area contributed by atoms with Gasteiger partial charge in [0.15, 0.2) is 0 Å². The Kier molecular flexibility index (Phi) is 3.83. The van der Waals surface area contributed by atoms with Gasteiger partial charge in [0.05, 0.1) is 9.40 Å². The van der Waals surface area contributed by atoms with E-state index in [4.69, 9.17) is 0 Å². The number of nitrogens with one attached hydrogen (secondary N) is 1. The zero-order valence-corrected chi connectivity index (χ0v) is 10.8. The summed E-state index contributed by atoms with van der Waals surface area (Å²) in [5, 5.41) is 13.9. The number of nitrogens with zero attached hydrogens (tertiary/aromatic N) is 3. The molecule has 0 atom stereocenters. The van der Waals surface area contributed by atoms with E-state index in [9.17, 15) is 10.1 Å². The Bertz CT molecular complexity index is 562. The summed E-state index contributed by atoms with van der Waals surface area (Å²) in [5.74, 6) is 0. The van der Waals surface area contributed by atoms with E-state index in [1.807, 2.05) is 12.1 Å². The van der Waals surface area contributed by atoms with Crippen LogP contribution < -0.4 is 5.32 Å². The molecule has 0 amide bonds. The minimum Gasteiger partial charge on any atom is -0.374 e. The fourth-order valence-electron chi connectivity index (χ4n) is 1.43. The number of hydrogen-bond donors (Lipinski definition) is 1. The molecule has 2 aromatic rings. The molecule has 92 valence electrons. The van der Waals surface area contributed by atoms with Crippen LogP contribution in [-0.2, 0) is 6.54 Å². The van der Waals surface area contributed by atoms with Gasteiger partial charge >= 0.3 is 5.69 Å². The predicted molar refractivity (Wildman–Crippen MR) is 70.2 cm³/mol. The third-order valence-corrected chi connectivity index (χ3v) is 2.90. The van der Waals surface area contributed by atoms with Crippen LogP contribution in [0.4, 0.5) is 11.4 Å². The molecule has 0 saturated carbocycles. The molecule has 0 radical (unpaired) electrons. The third-order valence-electron chi connectivity index (χ3n) is 2.30. The largest absolute Gasteiger partial charge is 0.374 e. The molecular weight excluding hydrogens is 300 g/mol. The van der Waals surface area contributed by atoms with E-state index in [1.54, 1.807) is 12.4 Å². The first-order chi connectivity index (χ1) is 8.68. The van der Waals surface area contributed by atoms with Crippen molar-refractivity contribution in [2.24, 2.45) is 0 Å². The number of pyridine rings is 2. The highest BCUT2D eigenvalue weighted by Gasteiger charge is 2.16. The monoisotopic (exact) mass is 308 g/mol. The van der Waals surface area contributed by atoms with Gasteiger partial charge in [-0.3, -0.25) is 20.1 Å². The van der Waals surface area contributed by atoms with Gasteiger partial charge in [0.25, 0.3) is 0 Å². The summed E-state index contributed by atoms with van der Waals surface area (Å²) in [5.41, 5.74) is 1.35. The first kappa shape index (κ1) is 12.4. The van der Waals surface area contributed by atoms with Gasteiger partial charge in [-0.15, -0.1) is 0 Å². The first-order valence-electron chi connectivity index (χ1n) is 5.09. The molecule has 0 aliphatic heterocycles. The zero-order chi connectivity index (χ0) is 13.0. The van der Waals surface area contributed by atoms with Crippen LogP contribution in [0.1, 0.15) is 5.56 Å². The summed E-state index contributed by atoms with van der Waals surface area (Å²) in [6.45, 7) is 0.478. The van der Waals surface area contributed by atoms with Gasteiger partial charge in [-0.05, 0) is 33.6 Å². The van der Waals surface area contributed by atoms with Crippen LogP contribution in [0.15, 0.2) is 41.4 Å². The fourth-order valence-corrected chi connectivity index (χ4v) is 1.89. The molecule has 0 aromatic carbocycles. The smallest absolute Gasteiger partial charge is 0.311 e. The van der Waals surface area contributed by atoms with Gasteiger partial charge in [-0.1, -0.05) is 0 Å². The quantitative estimate of drug-likeness (QED) is 0.694. The maximum Gasteiger partial charge on any atom is 0.311 e. The SMILES string of the molecule is O=[N+]([O-])c1cncc(Br)c1NCc1ccncc1. The number of aromatic nitrogens is 2. The van der Waals surface area contributed by atoms with Crippen molar-refractivity contribution in [3.63, 3.8) is 0 Å². The Hall–Kier alpha value is -2.02. The van der Waals surface area contributed by atoms with Crippen molar-refractivity contribution in [3.8, 4) is 0 Å². The molecule has 0 bridgehead atoms. The minimum absolute atomic E-state index is 0.0570. The fraction of sp³-hybridized carbons (Fsp3) is 0.0909. The standard InChI is InChI=1S/C11H9BrN4O2/c12-9-6-14-7-10(16(17)18)11(9)15-5-8-1-3-13-4-2-8/h1-4,6-7H,5H2,(H,14,15). The average Bonchev–Trinajstić information content (AvgIpc) is 2.38. The van der Waals surface area contributed by atoms with Gasteiger partial charge in [0, 0.05) is 25.1 Å². The van der Waals surface area contributed by atoms with Gasteiger partial charge in [-0.2, -0.15) is 0 Å². The number of rotatable bonds is 4. The van der Waals surface area contributed by atoms with E-state index in [-0.39, 0.29) is 5.69 Å². The number of anilines is 1. The molecule has 2 aromatic heterocycles. The number of halogens is 1. The molecule has 7 heteroatoms. The summed E-state index contributed by atoms with van der Waals surface area (Å²) in [6.07, 6.45) is 6.08. The van der Waals surface area contributed by atoms with Crippen molar-refractivity contribution in [1.82, 2.24) is 9.97 Å². The van der Waals surface area contributed by atoms with Crippen LogP contribution in [0.2, 0.25) is 0 Å². The summed E-state index contributed by atoms with van der Waals surface area (Å²) >= 11 is 3.25. The second-order valence-corrected chi connectivity index (χ2v) is 4.34. The van der Waals surface area contributed by atoms with Crippen molar-refractivity contribution < 1.29 is 4.92 Å². The molecule has 2 rings (SSSR count). The predicted octanol–water partition coefficient (Wildman–Crippen LogP) is 2.76. The van der Waals surface area contributed by atoms with Crippen LogP contribution >= 0.6 is 15.9 Å². The molecule has 0 saturated heterocycles. The lowest BCUT2D eigenvalue weighted by Gasteiger charge is -2.08. The van der Waals surface area contributed by atoms with Crippen molar-refractivity contribution in [2.45, 2.75) is 6.54 Å². The van der Waals surface area contributed by atoms with E-state index in [1.165, 1.54) is 12.4 Å². The molecule has 0 fully saturated rings. The van der Waals surface area contributed by atoms with Gasteiger partial charge in [0.2, 0.25) is 0 Å². The highest BCUT2D eigenvalue weighted by Crippen LogP contribution is 2.31. The summed E-state index contributed by atoms with van der Waals surface area (Å²) in [6, 6.07) is 3.68. The summed E-state index contributed by atoms with van der Waals surface area (Å²) < 4.78 is 0.561. The van der Waals surface area contributed by atoms with Gasteiger partial charge in [-0.25, -0.2) is 0 Å². The molecule has 18 heavy (non-hydrogen) atoms. The molecule has 0 spiro atoms. The van der Waals surface area contributed by atoms with E-state index < -0.39 is 4.92 Å². The minimum atomic E-state index is -0.466. The van der Waals surface area contributed by atoms with Crippen molar-refractivity contribution >= 4 is 27.3 Å². The molecule has 6 nitrogen and oxygen atoms in total. The van der Waals surface area contributed by atoms with E-state index in [0.717, 1.165) is 5.56 Å². The summed E-state index contributed by atoms with van der Waals surface area (Å²) in [4.78, 5) is 18.1. The average molecular weight is 309 g/mol. The van der Waals surface area contributed by atoms with Crippen LogP contribution in [0.25, 0.3) is 0 Å². The van der Waals surface area contributed by atoms with Crippen LogP contribution in [0, 0.1) is 10.1 Å². The summed E-state index contributed by atoms with van der Waals surface area (Å²) in [7, 11) is 0. The Morgan fingerprint density at radius 3 is 2.67 bits per heavy atom. The third kappa shape index (κ3) is 2.80. The van der Waals surface area contributed by atoms with E-state index in [2.05, 4.69) is 31.2 Å². The van der Waals surface area contributed by atoms with Crippen LogP contribution in [0.3, 0.4) is 0 Å². The molecule has 2 heterocycles. The molecule has 1 N–H and O–H groups in total. The lowest BCUT2D eigenvalue weighted by atomic mass is 10.2. The highest BCUT2D eigenvalue weighted by molar-refractivity contribution is 9.10. The molecule has 0 unspecified atom stereocenters.